The summed E-state index contributed by atoms with van der Waals surface area (Å²) >= 11 is 0. The molecule has 206 valence electrons. The second-order valence-electron chi connectivity index (χ2n) is 10.0. The van der Waals surface area contributed by atoms with Crippen LogP contribution < -0.4 is 0 Å². The molecule has 35 heavy (non-hydrogen) atoms. The molecule has 0 saturated heterocycles. The number of carbonyl (C=O) groups is 2. The van der Waals surface area contributed by atoms with E-state index in [1.54, 1.807) is 0 Å². The van der Waals surface area contributed by atoms with Crippen molar-refractivity contribution in [3.63, 3.8) is 0 Å². The van der Waals surface area contributed by atoms with Crippen molar-refractivity contribution >= 4 is 11.9 Å². The summed E-state index contributed by atoms with van der Waals surface area (Å²) < 4.78 is 11.3. The van der Waals surface area contributed by atoms with Crippen LogP contribution >= 0.6 is 0 Å². The first-order valence-corrected chi connectivity index (χ1v) is 15.2. The highest BCUT2D eigenvalue weighted by Gasteiger charge is 2.23. The van der Waals surface area contributed by atoms with Crippen molar-refractivity contribution in [2.75, 3.05) is 13.2 Å². The summed E-state index contributed by atoms with van der Waals surface area (Å²) in [5, 5.41) is 0. The first-order chi connectivity index (χ1) is 17.1. The molecule has 0 N–H and O–H groups in total. The molecule has 4 heteroatoms. The molecule has 0 heterocycles. The molecule has 0 aromatic carbocycles. The van der Waals surface area contributed by atoms with E-state index in [9.17, 15) is 9.59 Å². The zero-order chi connectivity index (χ0) is 26.0. The maximum Gasteiger partial charge on any atom is 0.334 e. The van der Waals surface area contributed by atoms with Crippen LogP contribution in [0.25, 0.3) is 0 Å². The van der Waals surface area contributed by atoms with Crippen molar-refractivity contribution in [3.05, 3.63) is 11.1 Å². The van der Waals surface area contributed by atoms with Gasteiger partial charge in [0.05, 0.1) is 13.2 Å². The van der Waals surface area contributed by atoms with E-state index in [0.29, 0.717) is 37.2 Å². The van der Waals surface area contributed by atoms with Crippen LogP contribution in [0, 0.1) is 0 Å². The molecule has 0 aliphatic heterocycles. The third-order valence-corrected chi connectivity index (χ3v) is 6.63. The van der Waals surface area contributed by atoms with Gasteiger partial charge in [0, 0.05) is 11.1 Å². The SMILES string of the molecule is CCCCCCCCOC(=O)C(CCCC)=C(CCCCCCC)C(=O)OCCCCCCCC. The molecule has 0 aromatic rings. The van der Waals surface area contributed by atoms with Crippen molar-refractivity contribution in [1.29, 1.82) is 0 Å². The van der Waals surface area contributed by atoms with Crippen LogP contribution in [0.3, 0.4) is 0 Å². The average molecular weight is 495 g/mol. The van der Waals surface area contributed by atoms with E-state index >= 15 is 0 Å². The molecule has 0 aliphatic carbocycles. The molecule has 0 bridgehead atoms. The number of unbranched alkanes of at least 4 members (excludes halogenated alkanes) is 15. The van der Waals surface area contributed by atoms with Crippen molar-refractivity contribution in [2.24, 2.45) is 0 Å². The zero-order valence-corrected chi connectivity index (χ0v) is 23.9. The summed E-state index contributed by atoms with van der Waals surface area (Å²) in [6, 6.07) is 0. The fourth-order valence-corrected chi connectivity index (χ4v) is 4.28. The van der Waals surface area contributed by atoms with Gasteiger partial charge in [-0.05, 0) is 38.5 Å². The van der Waals surface area contributed by atoms with Crippen LogP contribution in [0.1, 0.15) is 163 Å². The van der Waals surface area contributed by atoms with Crippen LogP contribution in [0.2, 0.25) is 0 Å². The standard InChI is InChI=1S/C31H58O4/c1-5-9-13-16-19-22-26-34-30(32)28(24-12-8-4)29(25-21-18-15-11-7-3)31(33)35-27-23-20-17-14-10-6-2/h5-27H2,1-4H3. The summed E-state index contributed by atoms with van der Waals surface area (Å²) in [6.07, 6.45) is 22.5. The zero-order valence-electron chi connectivity index (χ0n) is 23.9. The van der Waals surface area contributed by atoms with Gasteiger partial charge in [-0.1, -0.05) is 124 Å². The van der Waals surface area contributed by atoms with Crippen molar-refractivity contribution in [3.8, 4) is 0 Å². The van der Waals surface area contributed by atoms with Crippen LogP contribution in [0.4, 0.5) is 0 Å². The molecule has 0 aliphatic rings. The van der Waals surface area contributed by atoms with Gasteiger partial charge in [0.1, 0.15) is 0 Å². The van der Waals surface area contributed by atoms with E-state index in [1.807, 2.05) is 0 Å². The molecule has 0 atom stereocenters. The van der Waals surface area contributed by atoms with E-state index in [-0.39, 0.29) is 11.9 Å². The molecule has 0 saturated carbocycles. The summed E-state index contributed by atoms with van der Waals surface area (Å²) in [5.74, 6) is -0.594. The Morgan fingerprint density at radius 2 is 0.714 bits per heavy atom. The molecule has 0 amide bonds. The number of carbonyl (C=O) groups excluding carboxylic acids is 2. The Hall–Kier alpha value is -1.32. The van der Waals surface area contributed by atoms with Gasteiger partial charge in [0.2, 0.25) is 0 Å². The number of rotatable bonds is 25. The highest BCUT2D eigenvalue weighted by molar-refractivity contribution is 6.00. The maximum absolute atomic E-state index is 13.1. The fraction of sp³-hybridized carbons (Fsp3) is 0.871. The summed E-state index contributed by atoms with van der Waals surface area (Å²) in [7, 11) is 0. The minimum absolute atomic E-state index is 0.295. The summed E-state index contributed by atoms with van der Waals surface area (Å²) in [4.78, 5) is 26.2. The molecule has 0 radical (unpaired) electrons. The molecule has 0 unspecified atom stereocenters. The van der Waals surface area contributed by atoms with Crippen LogP contribution in [0.5, 0.6) is 0 Å². The Bertz CT molecular complexity index is 538. The summed E-state index contributed by atoms with van der Waals surface area (Å²) in [6.45, 7) is 9.63. The predicted octanol–water partition coefficient (Wildman–Crippen LogP) is 9.64. The minimum Gasteiger partial charge on any atom is -0.462 e. The molecular weight excluding hydrogens is 436 g/mol. The Balaban J connectivity index is 5.05. The lowest BCUT2D eigenvalue weighted by molar-refractivity contribution is -0.142. The number of ether oxygens (including phenoxy) is 2. The van der Waals surface area contributed by atoms with Gasteiger partial charge < -0.3 is 9.47 Å². The maximum atomic E-state index is 13.1. The number of hydrogen-bond acceptors (Lipinski definition) is 4. The van der Waals surface area contributed by atoms with E-state index in [1.165, 1.54) is 70.6 Å². The molecule has 0 spiro atoms. The van der Waals surface area contributed by atoms with E-state index < -0.39 is 0 Å². The molecular formula is C31H58O4. The average Bonchev–Trinajstić information content (AvgIpc) is 2.86. The van der Waals surface area contributed by atoms with Gasteiger partial charge in [-0.2, -0.15) is 0 Å². The third-order valence-electron chi connectivity index (χ3n) is 6.63. The first kappa shape index (κ1) is 33.7. The lowest BCUT2D eigenvalue weighted by Crippen LogP contribution is -2.18. The van der Waals surface area contributed by atoms with Gasteiger partial charge >= 0.3 is 11.9 Å². The predicted molar refractivity (Wildman–Crippen MR) is 149 cm³/mol. The molecule has 0 aromatic heterocycles. The van der Waals surface area contributed by atoms with Gasteiger partial charge in [-0.25, -0.2) is 9.59 Å². The molecule has 0 rings (SSSR count). The monoisotopic (exact) mass is 494 g/mol. The van der Waals surface area contributed by atoms with Crippen molar-refractivity contribution in [2.45, 2.75) is 163 Å². The van der Waals surface area contributed by atoms with Crippen LogP contribution in [-0.4, -0.2) is 25.2 Å². The quantitative estimate of drug-likeness (QED) is 0.0720. The lowest BCUT2D eigenvalue weighted by atomic mass is 9.97. The van der Waals surface area contributed by atoms with Gasteiger partial charge in [0.15, 0.2) is 0 Å². The Morgan fingerprint density at radius 3 is 1.11 bits per heavy atom. The number of hydrogen-bond donors (Lipinski definition) is 0. The Kier molecular flexibility index (Phi) is 24.8. The normalized spacial score (nSPS) is 11.9. The van der Waals surface area contributed by atoms with Gasteiger partial charge in [-0.15, -0.1) is 0 Å². The van der Waals surface area contributed by atoms with Crippen molar-refractivity contribution in [1.82, 2.24) is 0 Å². The van der Waals surface area contributed by atoms with E-state index in [2.05, 4.69) is 27.7 Å². The topological polar surface area (TPSA) is 52.6 Å². The largest absolute Gasteiger partial charge is 0.462 e. The molecule has 4 nitrogen and oxygen atoms in total. The van der Waals surface area contributed by atoms with Crippen LogP contribution in [-0.2, 0) is 19.1 Å². The number of esters is 2. The van der Waals surface area contributed by atoms with Gasteiger partial charge in [-0.3, -0.25) is 0 Å². The van der Waals surface area contributed by atoms with Crippen LogP contribution in [0.15, 0.2) is 11.1 Å². The highest BCUT2D eigenvalue weighted by atomic mass is 16.5. The van der Waals surface area contributed by atoms with E-state index in [4.69, 9.17) is 9.47 Å². The first-order valence-electron chi connectivity index (χ1n) is 15.2. The smallest absolute Gasteiger partial charge is 0.334 e. The Labute approximate surface area is 218 Å². The highest BCUT2D eigenvalue weighted by Crippen LogP contribution is 2.23. The lowest BCUT2D eigenvalue weighted by Gasteiger charge is -2.15. The van der Waals surface area contributed by atoms with E-state index in [0.717, 1.165) is 51.4 Å². The fourth-order valence-electron chi connectivity index (χ4n) is 4.28. The summed E-state index contributed by atoms with van der Waals surface area (Å²) in [5.41, 5.74) is 1.15. The second kappa shape index (κ2) is 25.8. The third kappa shape index (κ3) is 19.5. The van der Waals surface area contributed by atoms with Gasteiger partial charge in [0.25, 0.3) is 0 Å². The molecule has 0 fully saturated rings. The minimum atomic E-state index is -0.299. The van der Waals surface area contributed by atoms with Crippen molar-refractivity contribution < 1.29 is 19.1 Å². The second-order valence-corrected chi connectivity index (χ2v) is 10.0. The Morgan fingerprint density at radius 1 is 0.400 bits per heavy atom.